The van der Waals surface area contributed by atoms with Gasteiger partial charge in [-0.25, -0.2) is 9.97 Å². The standard InChI is InChI=1S/C31H45N7O2/c1-37-18-15-23(16-19-37)22-11-13-25(14-12-22)34-30-28(29(32)39)33-20-27(36-30)38-17-7-10-26(21-38)35-31(40)24-8-5-3-2-4-6-9-24/h11-14,20,23-24,26H,2-10,15-19,21H2,1H3,(H2,32,39)(H,34,36)(H,35,40). The summed E-state index contributed by atoms with van der Waals surface area (Å²) in [5, 5.41) is 6.62. The normalized spacial score (nSPS) is 21.8. The van der Waals surface area contributed by atoms with Gasteiger partial charge in [0.1, 0.15) is 5.82 Å². The predicted molar refractivity (Wildman–Crippen MR) is 159 cm³/mol. The van der Waals surface area contributed by atoms with Gasteiger partial charge in [0.25, 0.3) is 5.91 Å². The van der Waals surface area contributed by atoms with E-state index in [0.29, 0.717) is 24.1 Å². The van der Waals surface area contributed by atoms with Crippen molar-refractivity contribution in [2.75, 3.05) is 43.4 Å². The van der Waals surface area contributed by atoms with Crippen molar-refractivity contribution in [3.8, 4) is 0 Å². The van der Waals surface area contributed by atoms with E-state index in [-0.39, 0.29) is 23.6 Å². The van der Waals surface area contributed by atoms with Crippen LogP contribution in [0.3, 0.4) is 0 Å². The molecular weight excluding hydrogens is 502 g/mol. The molecule has 1 saturated carbocycles. The van der Waals surface area contributed by atoms with Gasteiger partial charge in [0.05, 0.1) is 6.20 Å². The summed E-state index contributed by atoms with van der Waals surface area (Å²) in [5.74, 6) is 1.33. The second-order valence-corrected chi connectivity index (χ2v) is 12.0. The van der Waals surface area contributed by atoms with Crippen LogP contribution in [-0.4, -0.2) is 66.0 Å². The number of aromatic nitrogens is 2. The molecule has 9 heteroatoms. The zero-order chi connectivity index (χ0) is 27.9. The number of primary amides is 1. The minimum absolute atomic E-state index is 0.0767. The first kappa shape index (κ1) is 28.3. The first-order chi connectivity index (χ1) is 19.5. The molecule has 1 unspecified atom stereocenters. The third kappa shape index (κ3) is 7.30. The number of piperidine rings is 2. The molecule has 1 atom stereocenters. The van der Waals surface area contributed by atoms with Crippen molar-refractivity contribution in [2.24, 2.45) is 11.7 Å². The molecule has 2 aliphatic heterocycles. The number of anilines is 3. The molecule has 2 amide bonds. The molecule has 1 aliphatic carbocycles. The molecule has 3 heterocycles. The number of nitrogens with zero attached hydrogens (tertiary/aromatic N) is 4. The number of nitrogens with two attached hydrogens (primary N) is 1. The van der Waals surface area contributed by atoms with E-state index in [2.05, 4.69) is 44.6 Å². The first-order valence-corrected chi connectivity index (χ1v) is 15.2. The van der Waals surface area contributed by atoms with Crippen LogP contribution in [0.2, 0.25) is 0 Å². The Hall–Kier alpha value is -3.20. The number of carbonyl (C=O) groups is 2. The monoisotopic (exact) mass is 547 g/mol. The topological polar surface area (TPSA) is 116 Å². The molecule has 5 rings (SSSR count). The van der Waals surface area contributed by atoms with Gasteiger partial charge in [0, 0.05) is 30.7 Å². The molecule has 0 spiro atoms. The number of carbonyl (C=O) groups excluding carboxylic acids is 2. The lowest BCUT2D eigenvalue weighted by atomic mass is 9.89. The van der Waals surface area contributed by atoms with Crippen LogP contribution in [0.4, 0.5) is 17.3 Å². The molecule has 3 fully saturated rings. The maximum Gasteiger partial charge on any atom is 0.271 e. The van der Waals surface area contributed by atoms with Crippen LogP contribution in [0.25, 0.3) is 0 Å². The van der Waals surface area contributed by atoms with Crippen molar-refractivity contribution >= 4 is 29.1 Å². The second-order valence-electron chi connectivity index (χ2n) is 12.0. The number of amides is 2. The minimum Gasteiger partial charge on any atom is -0.364 e. The zero-order valence-corrected chi connectivity index (χ0v) is 23.9. The van der Waals surface area contributed by atoms with Crippen LogP contribution in [-0.2, 0) is 4.79 Å². The molecule has 216 valence electrons. The summed E-state index contributed by atoms with van der Waals surface area (Å²) in [4.78, 5) is 39.0. The largest absolute Gasteiger partial charge is 0.364 e. The third-order valence-corrected chi connectivity index (χ3v) is 8.92. The van der Waals surface area contributed by atoms with Gasteiger partial charge >= 0.3 is 0 Å². The van der Waals surface area contributed by atoms with Gasteiger partial charge < -0.3 is 26.2 Å². The molecule has 1 aromatic carbocycles. The Morgan fingerprint density at radius 2 is 1.60 bits per heavy atom. The highest BCUT2D eigenvalue weighted by molar-refractivity contribution is 5.96. The Morgan fingerprint density at radius 3 is 2.30 bits per heavy atom. The summed E-state index contributed by atoms with van der Waals surface area (Å²) in [6, 6.07) is 8.47. The number of rotatable bonds is 7. The van der Waals surface area contributed by atoms with Crippen LogP contribution in [0, 0.1) is 5.92 Å². The highest BCUT2D eigenvalue weighted by Crippen LogP contribution is 2.30. The van der Waals surface area contributed by atoms with E-state index in [4.69, 9.17) is 10.7 Å². The van der Waals surface area contributed by atoms with Crippen molar-refractivity contribution in [1.82, 2.24) is 20.2 Å². The van der Waals surface area contributed by atoms with E-state index >= 15 is 0 Å². The Labute approximate surface area is 238 Å². The van der Waals surface area contributed by atoms with E-state index in [0.717, 1.165) is 63.8 Å². The van der Waals surface area contributed by atoms with Crippen LogP contribution in [0.15, 0.2) is 30.5 Å². The Kier molecular flexibility index (Phi) is 9.52. The lowest BCUT2D eigenvalue weighted by Gasteiger charge is -2.35. The molecule has 2 saturated heterocycles. The number of hydrogen-bond acceptors (Lipinski definition) is 7. The van der Waals surface area contributed by atoms with Crippen molar-refractivity contribution in [3.05, 3.63) is 41.7 Å². The zero-order valence-electron chi connectivity index (χ0n) is 23.9. The molecule has 1 aromatic heterocycles. The van der Waals surface area contributed by atoms with E-state index in [9.17, 15) is 9.59 Å². The summed E-state index contributed by atoms with van der Waals surface area (Å²) in [6.45, 7) is 3.74. The molecule has 9 nitrogen and oxygen atoms in total. The van der Waals surface area contributed by atoms with Crippen molar-refractivity contribution in [2.45, 2.75) is 82.6 Å². The van der Waals surface area contributed by atoms with Gasteiger partial charge in [0.15, 0.2) is 11.5 Å². The average molecular weight is 548 g/mol. The van der Waals surface area contributed by atoms with Crippen LogP contribution >= 0.6 is 0 Å². The number of hydrogen-bond donors (Lipinski definition) is 3. The summed E-state index contributed by atoms with van der Waals surface area (Å²) < 4.78 is 0. The maximum absolute atomic E-state index is 13.1. The quantitative estimate of drug-likeness (QED) is 0.465. The summed E-state index contributed by atoms with van der Waals surface area (Å²) in [5.41, 5.74) is 7.95. The fraction of sp³-hybridized carbons (Fsp3) is 0.613. The van der Waals surface area contributed by atoms with Crippen molar-refractivity contribution in [3.63, 3.8) is 0 Å². The van der Waals surface area contributed by atoms with Gasteiger partial charge in [-0.2, -0.15) is 0 Å². The van der Waals surface area contributed by atoms with Gasteiger partial charge in [-0.05, 0) is 82.3 Å². The number of nitrogens with one attached hydrogen (secondary N) is 2. The summed E-state index contributed by atoms with van der Waals surface area (Å²) >= 11 is 0. The lowest BCUT2D eigenvalue weighted by molar-refractivity contribution is -0.126. The van der Waals surface area contributed by atoms with Gasteiger partial charge in [-0.3, -0.25) is 9.59 Å². The van der Waals surface area contributed by atoms with Gasteiger partial charge in [-0.1, -0.05) is 44.2 Å². The number of likely N-dealkylation sites (tertiary alicyclic amines) is 1. The maximum atomic E-state index is 13.1. The van der Waals surface area contributed by atoms with Crippen LogP contribution in [0.5, 0.6) is 0 Å². The lowest BCUT2D eigenvalue weighted by Crippen LogP contribution is -2.49. The smallest absolute Gasteiger partial charge is 0.271 e. The molecule has 0 radical (unpaired) electrons. The highest BCUT2D eigenvalue weighted by Gasteiger charge is 2.27. The van der Waals surface area contributed by atoms with E-state index < -0.39 is 5.91 Å². The van der Waals surface area contributed by atoms with Gasteiger partial charge in [-0.15, -0.1) is 0 Å². The Bertz CT molecular complexity index is 1140. The molecule has 40 heavy (non-hydrogen) atoms. The van der Waals surface area contributed by atoms with E-state index in [1.807, 2.05) is 12.1 Å². The Morgan fingerprint density at radius 1 is 0.900 bits per heavy atom. The molecular formula is C31H45N7O2. The van der Waals surface area contributed by atoms with Crippen molar-refractivity contribution in [1.29, 1.82) is 0 Å². The molecule has 2 aromatic rings. The minimum atomic E-state index is -0.618. The first-order valence-electron chi connectivity index (χ1n) is 15.2. The fourth-order valence-electron chi connectivity index (χ4n) is 6.46. The highest BCUT2D eigenvalue weighted by atomic mass is 16.2. The van der Waals surface area contributed by atoms with Crippen molar-refractivity contribution < 1.29 is 9.59 Å². The predicted octanol–water partition coefficient (Wildman–Crippen LogP) is 4.57. The van der Waals surface area contributed by atoms with Crippen LogP contribution < -0.4 is 21.3 Å². The SMILES string of the molecule is CN1CCC(c2ccc(Nc3nc(N4CCCC(NC(=O)C5CCCCCCC5)C4)cnc3C(N)=O)cc2)CC1. The molecule has 3 aliphatic rings. The Balaban J connectivity index is 1.24. The van der Waals surface area contributed by atoms with E-state index in [1.165, 1.54) is 37.7 Å². The molecule has 4 N–H and O–H groups in total. The molecule has 0 bridgehead atoms. The van der Waals surface area contributed by atoms with E-state index in [1.54, 1.807) is 6.20 Å². The van der Waals surface area contributed by atoms with Gasteiger partial charge in [0.2, 0.25) is 5.91 Å². The second kappa shape index (κ2) is 13.4. The average Bonchev–Trinajstić information content (AvgIpc) is 2.94. The fourth-order valence-corrected chi connectivity index (χ4v) is 6.46. The number of benzene rings is 1. The summed E-state index contributed by atoms with van der Waals surface area (Å²) in [7, 11) is 2.17. The summed E-state index contributed by atoms with van der Waals surface area (Å²) in [6.07, 6.45) is 13.9. The third-order valence-electron chi connectivity index (χ3n) is 8.92. The van der Waals surface area contributed by atoms with Crippen LogP contribution in [0.1, 0.15) is 92.6 Å².